The van der Waals surface area contributed by atoms with Crippen molar-refractivity contribution in [3.63, 3.8) is 0 Å². The molecule has 0 aliphatic carbocycles. The predicted molar refractivity (Wildman–Crippen MR) is 439 cm³/mol. The second-order valence-electron chi connectivity index (χ2n) is 22.5. The zero-order valence-electron chi connectivity index (χ0n) is 50.9. The molecule has 6 aliphatic rings. The molecule has 8 aromatic rings. The standard InChI is InChI=1S/C27H32N8O.C18H26N6O.C9H7ClN2.CH4.H19P17/c1-19-6-4-7-20-26(19)27(29-18-28-20)34-11-3-2-8-22(34)21-16-24-30-23(32-9-5-10-32)17-25(35(24)31-21)33-12-14-36-15-13-33;1-2-5-19-14(4-1)15-12-17-20-16(22-6-3-7-22)13-18(24(17)21-15)23-8-10-25-11-9-23;1-6-3-2-4-7-8(6)9(10)12-5-11-7;;1-10-15(11(2)3)17(14(8)9)16(12(4)5)13(6)7/h4,6-7,16-18,22H,2-3,5,8-15H2,1H3;12-14,19H,1-11H2;2-5H,1H3;1H4;10H,1-9H2. The molecule has 6 aromatic heterocycles. The lowest BCUT2D eigenvalue weighted by Gasteiger charge is -2.41. The van der Waals surface area contributed by atoms with Crippen molar-refractivity contribution >= 4 is 211 Å². The van der Waals surface area contributed by atoms with Crippen LogP contribution in [0.1, 0.15) is 93.4 Å². The second kappa shape index (κ2) is 35.9. The summed E-state index contributed by atoms with van der Waals surface area (Å²) in [6, 6.07) is 21.5. The van der Waals surface area contributed by atoms with Crippen molar-refractivity contribution in [2.75, 3.05) is 116 Å². The minimum atomic E-state index is 0. The molecular weight excluding hydrogens is 1480 g/mol. The van der Waals surface area contributed by atoms with Crippen LogP contribution in [0.25, 0.3) is 33.1 Å². The van der Waals surface area contributed by atoms with Gasteiger partial charge in [-0.1, -0.05) is 57.7 Å². The molecule has 14 rings (SSSR count). The van der Waals surface area contributed by atoms with Crippen molar-refractivity contribution in [2.24, 2.45) is 0 Å². The molecule has 6 saturated heterocycles. The van der Waals surface area contributed by atoms with Crippen LogP contribution in [0.5, 0.6) is 0 Å². The molecule has 492 valence electrons. The normalized spacial score (nSPS) is 19.6. The van der Waals surface area contributed by atoms with E-state index in [2.05, 4.69) is 179 Å². The van der Waals surface area contributed by atoms with Crippen LogP contribution in [0.15, 0.2) is 73.3 Å². The van der Waals surface area contributed by atoms with E-state index in [0.717, 1.165) is 198 Å². The first-order valence-corrected chi connectivity index (χ1v) is 60.8. The molecule has 2 aromatic carbocycles. The highest BCUT2D eigenvalue weighted by Crippen LogP contribution is 3.25. The average Bonchev–Trinajstić information content (AvgIpc) is 1.72. The molecule has 0 radical (unpaired) electrons. The van der Waals surface area contributed by atoms with E-state index in [4.69, 9.17) is 46.2 Å². The third-order valence-electron chi connectivity index (χ3n) is 16.6. The monoisotopic (exact) mass is 1570 g/mol. The highest BCUT2D eigenvalue weighted by molar-refractivity contribution is 9.31. The van der Waals surface area contributed by atoms with Gasteiger partial charge in [0.05, 0.1) is 60.9 Å². The fourth-order valence-corrected chi connectivity index (χ4v) is 201. The van der Waals surface area contributed by atoms with Gasteiger partial charge in [-0.15, -0.1) is 80.4 Å². The lowest BCUT2D eigenvalue weighted by Crippen LogP contribution is -2.40. The van der Waals surface area contributed by atoms with Gasteiger partial charge in [-0.2, -0.15) is 19.2 Å². The lowest BCUT2D eigenvalue weighted by molar-refractivity contribution is 0.122. The number of hydrogen-bond acceptors (Lipinski definition) is 16. The zero-order chi connectivity index (χ0) is 63.0. The van der Waals surface area contributed by atoms with E-state index in [1.807, 2.05) is 29.6 Å². The molecule has 14 atom stereocenters. The van der Waals surface area contributed by atoms with Crippen LogP contribution in [0.4, 0.5) is 29.1 Å². The topological polar surface area (TPSA) is 159 Å². The van der Waals surface area contributed by atoms with E-state index in [-0.39, 0.29) is 62.4 Å². The Morgan fingerprint density at radius 1 is 0.549 bits per heavy atom. The number of morpholine rings is 2. The Hall–Kier alpha value is 0.840. The number of piperidine rings is 2. The first kappa shape index (κ1) is 74.5. The fourth-order valence-electron chi connectivity index (χ4n) is 11.8. The van der Waals surface area contributed by atoms with Gasteiger partial charge in [0, 0.05) is 93.9 Å². The summed E-state index contributed by atoms with van der Waals surface area (Å²) >= 11 is 5.91. The largest absolute Gasteiger partial charge is 0.378 e. The number of benzene rings is 2. The maximum Gasteiger partial charge on any atom is 0.160 e. The van der Waals surface area contributed by atoms with E-state index in [1.165, 1.54) is 44.0 Å². The van der Waals surface area contributed by atoms with Crippen LogP contribution < -0.4 is 29.8 Å². The van der Waals surface area contributed by atoms with Gasteiger partial charge in [0.25, 0.3) is 0 Å². The van der Waals surface area contributed by atoms with Crippen LogP contribution in [0.2, 0.25) is 5.15 Å². The van der Waals surface area contributed by atoms with E-state index in [1.54, 1.807) is 6.33 Å². The summed E-state index contributed by atoms with van der Waals surface area (Å²) in [5.74, 6) is 5.42. The number of anilines is 5. The third-order valence-corrected chi connectivity index (χ3v) is 120. The fraction of sp³-hybridized carbons (Fsp3) is 0.491. The molecule has 12 heterocycles. The highest BCUT2D eigenvalue weighted by atomic mass is 35.5. The SMILES string of the molecule is C.Cc1cccc2ncnc(Cl)c12.Cc1cccc2ncnc(N3CCCCC3c3cc4nc(N5CCC5)cc(N5CCOCC5)n4n3)c12.PPP(P(P)P)P(P(P)P)P(P(P)P)P(P)P.c1c(N2CCC2)nc2cc(C3CCCCN3)nn2c1N1CCOCC1. The molecule has 6 aliphatic heterocycles. The number of fused-ring (bicyclic) bond motifs is 4. The number of hydrogen-bond donors (Lipinski definition) is 1. The maximum atomic E-state index is 5.91. The maximum absolute atomic E-state index is 5.91. The van der Waals surface area contributed by atoms with Crippen LogP contribution >= 0.6 is 149 Å². The van der Waals surface area contributed by atoms with Crippen molar-refractivity contribution in [1.82, 2.24) is 54.4 Å². The van der Waals surface area contributed by atoms with Crippen LogP contribution in [0.3, 0.4) is 0 Å². The first-order valence-electron chi connectivity index (χ1n) is 30.2. The van der Waals surface area contributed by atoms with Crippen molar-refractivity contribution in [2.45, 2.75) is 84.7 Å². The number of nitrogens with one attached hydrogen (secondary N) is 1. The minimum Gasteiger partial charge on any atom is -0.378 e. The molecule has 14 unspecified atom stereocenters. The van der Waals surface area contributed by atoms with Crippen molar-refractivity contribution in [3.8, 4) is 0 Å². The van der Waals surface area contributed by atoms with E-state index in [0.29, 0.717) is 11.2 Å². The molecule has 0 spiro atoms. The molecule has 36 heteroatoms. The van der Waals surface area contributed by atoms with Crippen LogP contribution in [0, 0.1) is 13.8 Å². The van der Waals surface area contributed by atoms with E-state index in [9.17, 15) is 0 Å². The van der Waals surface area contributed by atoms with Gasteiger partial charge in [-0.25, -0.2) is 29.9 Å². The van der Waals surface area contributed by atoms with E-state index < -0.39 is 0 Å². The number of rotatable bonds is 14. The number of aromatic nitrogens is 10. The summed E-state index contributed by atoms with van der Waals surface area (Å²) in [5, 5.41) is 16.4. The molecule has 6 fully saturated rings. The zero-order valence-corrected chi connectivity index (χ0v) is 69.3. The molecule has 91 heavy (non-hydrogen) atoms. The van der Waals surface area contributed by atoms with Gasteiger partial charge in [0.1, 0.15) is 46.9 Å². The van der Waals surface area contributed by atoms with Gasteiger partial charge >= 0.3 is 0 Å². The number of aryl methyl sites for hydroxylation is 2. The second-order valence-corrected chi connectivity index (χ2v) is 87.2. The smallest absolute Gasteiger partial charge is 0.160 e. The Morgan fingerprint density at radius 2 is 1.07 bits per heavy atom. The van der Waals surface area contributed by atoms with Gasteiger partial charge in [0.2, 0.25) is 0 Å². The Bertz CT molecular complexity index is 3620. The summed E-state index contributed by atoms with van der Waals surface area (Å²) in [7, 11) is 29.0. The minimum absolute atomic E-state index is 0. The summed E-state index contributed by atoms with van der Waals surface area (Å²) in [5.41, 5.74) is 8.29. The first-order chi connectivity index (χ1) is 43.7. The number of nitrogens with zero attached hydrogens (tertiary/aromatic N) is 15. The van der Waals surface area contributed by atoms with Crippen molar-refractivity contribution < 1.29 is 9.47 Å². The molecule has 0 amide bonds. The third kappa shape index (κ3) is 18.3. The molecular formula is C55H88ClN16O2P17. The molecule has 1 N–H and O–H groups in total. The van der Waals surface area contributed by atoms with Crippen molar-refractivity contribution in [1.29, 1.82) is 0 Å². The Morgan fingerprint density at radius 3 is 1.56 bits per heavy atom. The average molecular weight is 1570 g/mol. The quantitative estimate of drug-likeness (QED) is 0.0809. The predicted octanol–water partition coefficient (Wildman–Crippen LogP) is 18.1. The Balaban J connectivity index is 0.000000144. The highest BCUT2D eigenvalue weighted by Gasteiger charge is 2.38. The molecule has 18 nitrogen and oxygen atoms in total. The van der Waals surface area contributed by atoms with Gasteiger partial charge in [-0.05, 0) is 138 Å². The summed E-state index contributed by atoms with van der Waals surface area (Å²) in [6.07, 6.45) is 12.7. The molecule has 0 bridgehead atoms. The Labute approximate surface area is 572 Å². The van der Waals surface area contributed by atoms with Crippen molar-refractivity contribution in [3.05, 3.63) is 101 Å². The Kier molecular flexibility index (Phi) is 29.4. The number of halogens is 1. The van der Waals surface area contributed by atoms with Crippen LogP contribution in [-0.4, -0.2) is 141 Å². The lowest BCUT2D eigenvalue weighted by atomic mass is 9.98. The van der Waals surface area contributed by atoms with Gasteiger partial charge in [0.15, 0.2) is 11.3 Å². The summed E-state index contributed by atoms with van der Waals surface area (Å²) in [6.45, 7) is 18.1. The summed E-state index contributed by atoms with van der Waals surface area (Å²) < 4.78 is 15.3. The number of ether oxygens (including phenoxy) is 2. The van der Waals surface area contributed by atoms with E-state index >= 15 is 0 Å². The van der Waals surface area contributed by atoms with Gasteiger partial charge < -0.3 is 39.3 Å². The molecule has 0 saturated carbocycles. The summed E-state index contributed by atoms with van der Waals surface area (Å²) in [4.78, 5) is 39.3. The van der Waals surface area contributed by atoms with Gasteiger partial charge in [-0.3, -0.25) is 0 Å². The van der Waals surface area contributed by atoms with Crippen LogP contribution in [-0.2, 0) is 9.47 Å².